The van der Waals surface area contributed by atoms with Crippen molar-refractivity contribution in [3.05, 3.63) is 53.7 Å². The van der Waals surface area contributed by atoms with Crippen molar-refractivity contribution in [3.63, 3.8) is 0 Å². The van der Waals surface area contributed by atoms with Crippen molar-refractivity contribution in [1.82, 2.24) is 9.71 Å². The molecule has 0 saturated carbocycles. The minimum absolute atomic E-state index is 0.0220. The minimum atomic E-state index is -3.59. The lowest BCUT2D eigenvalue weighted by Gasteiger charge is -2.14. The molecule has 0 aliphatic rings. The summed E-state index contributed by atoms with van der Waals surface area (Å²) in [5.41, 5.74) is -0.436. The molecule has 6 nitrogen and oxygen atoms in total. The van der Waals surface area contributed by atoms with Gasteiger partial charge in [0.05, 0.1) is 5.56 Å². The van der Waals surface area contributed by atoms with Crippen LogP contribution >= 0.6 is 0 Å². The number of rotatable bonds is 6. The summed E-state index contributed by atoms with van der Waals surface area (Å²) >= 11 is 0. The lowest BCUT2D eigenvalue weighted by atomic mass is 10.1. The summed E-state index contributed by atoms with van der Waals surface area (Å²) in [6.07, 6.45) is -0.289. The van der Waals surface area contributed by atoms with Crippen molar-refractivity contribution in [2.75, 3.05) is 18.9 Å². The molecule has 0 bridgehead atoms. The Morgan fingerprint density at radius 1 is 1.22 bits per heavy atom. The number of sulfonamides is 1. The molecular formula is C14H15F2N3O3S. The van der Waals surface area contributed by atoms with Crippen LogP contribution in [0.2, 0.25) is 0 Å². The third-order valence-corrected chi connectivity index (χ3v) is 4.52. The molecule has 1 atom stereocenters. The van der Waals surface area contributed by atoms with E-state index in [0.717, 1.165) is 18.3 Å². The Bertz CT molecular complexity index is 762. The fourth-order valence-corrected chi connectivity index (χ4v) is 2.57. The van der Waals surface area contributed by atoms with Gasteiger partial charge in [0.1, 0.15) is 28.5 Å². The van der Waals surface area contributed by atoms with Crippen LogP contribution in [0.15, 0.2) is 41.4 Å². The number of halogens is 2. The molecule has 0 fully saturated rings. The molecule has 1 heterocycles. The Morgan fingerprint density at radius 3 is 2.39 bits per heavy atom. The fourth-order valence-electron chi connectivity index (χ4n) is 1.89. The van der Waals surface area contributed by atoms with Gasteiger partial charge in [-0.3, -0.25) is 0 Å². The number of pyridine rings is 1. The summed E-state index contributed by atoms with van der Waals surface area (Å²) in [5.74, 6) is -1.43. The highest BCUT2D eigenvalue weighted by molar-refractivity contribution is 7.89. The molecule has 3 N–H and O–H groups in total. The van der Waals surface area contributed by atoms with E-state index in [2.05, 4.69) is 15.0 Å². The zero-order valence-corrected chi connectivity index (χ0v) is 12.9. The third kappa shape index (κ3) is 4.01. The lowest BCUT2D eigenvalue weighted by molar-refractivity contribution is 0.181. The predicted molar refractivity (Wildman–Crippen MR) is 80.3 cm³/mol. The Labute approximate surface area is 132 Å². The summed E-state index contributed by atoms with van der Waals surface area (Å²) in [6, 6.07) is 6.01. The number of hydrogen-bond acceptors (Lipinski definition) is 5. The van der Waals surface area contributed by atoms with Gasteiger partial charge >= 0.3 is 0 Å². The summed E-state index contributed by atoms with van der Waals surface area (Å²) in [7, 11) is -2.31. The van der Waals surface area contributed by atoms with Crippen LogP contribution in [0.5, 0.6) is 0 Å². The van der Waals surface area contributed by atoms with Crippen LogP contribution < -0.4 is 10.0 Å². The Morgan fingerprint density at radius 2 is 1.87 bits per heavy atom. The van der Waals surface area contributed by atoms with Gasteiger partial charge in [-0.15, -0.1) is 0 Å². The van der Waals surface area contributed by atoms with Gasteiger partial charge in [0.25, 0.3) is 0 Å². The van der Waals surface area contributed by atoms with Crippen LogP contribution in [-0.4, -0.2) is 32.1 Å². The first-order chi connectivity index (χ1) is 10.8. The van der Waals surface area contributed by atoms with E-state index in [1.165, 1.54) is 25.2 Å². The number of aliphatic hydroxyl groups is 1. The molecule has 0 amide bonds. The van der Waals surface area contributed by atoms with Gasteiger partial charge in [-0.2, -0.15) is 0 Å². The minimum Gasteiger partial charge on any atom is -0.386 e. The van der Waals surface area contributed by atoms with Gasteiger partial charge in [0, 0.05) is 12.7 Å². The normalized spacial score (nSPS) is 12.9. The Balaban J connectivity index is 2.06. The number of aromatic nitrogens is 1. The van der Waals surface area contributed by atoms with Crippen molar-refractivity contribution >= 4 is 15.8 Å². The molecule has 0 aliphatic heterocycles. The Kier molecular flexibility index (Phi) is 5.24. The second-order valence-corrected chi connectivity index (χ2v) is 6.51. The first-order valence-electron chi connectivity index (χ1n) is 6.60. The molecule has 1 aromatic heterocycles. The topological polar surface area (TPSA) is 91.3 Å². The van der Waals surface area contributed by atoms with E-state index in [0.29, 0.717) is 0 Å². The summed E-state index contributed by atoms with van der Waals surface area (Å²) in [4.78, 5) is 3.85. The monoisotopic (exact) mass is 343 g/mol. The molecule has 0 aliphatic carbocycles. The van der Waals surface area contributed by atoms with E-state index in [4.69, 9.17) is 0 Å². The van der Waals surface area contributed by atoms with Crippen molar-refractivity contribution < 1.29 is 22.3 Å². The molecule has 2 rings (SSSR count). The quantitative estimate of drug-likeness (QED) is 0.738. The van der Waals surface area contributed by atoms with Gasteiger partial charge < -0.3 is 10.4 Å². The van der Waals surface area contributed by atoms with Crippen LogP contribution in [0.4, 0.5) is 14.6 Å². The predicted octanol–water partition coefficient (Wildman–Crippen LogP) is 1.41. The number of benzene rings is 1. The standard InChI is InChI=1S/C14H15F2N3O3S/c1-17-23(21,22)9-5-6-13(18-7-9)19-8-12(20)14-10(15)3-2-4-11(14)16/h2-7,12,17,20H,8H2,1H3,(H,18,19). The van der Waals surface area contributed by atoms with Gasteiger partial charge in [-0.25, -0.2) is 26.9 Å². The largest absolute Gasteiger partial charge is 0.386 e. The fraction of sp³-hybridized carbons (Fsp3) is 0.214. The van der Waals surface area contributed by atoms with E-state index in [9.17, 15) is 22.3 Å². The van der Waals surface area contributed by atoms with E-state index >= 15 is 0 Å². The van der Waals surface area contributed by atoms with E-state index < -0.39 is 33.3 Å². The average Bonchev–Trinajstić information content (AvgIpc) is 2.53. The zero-order chi connectivity index (χ0) is 17.0. The van der Waals surface area contributed by atoms with Gasteiger partial charge in [-0.1, -0.05) is 6.07 Å². The smallest absolute Gasteiger partial charge is 0.241 e. The molecule has 124 valence electrons. The highest BCUT2D eigenvalue weighted by atomic mass is 32.2. The number of nitrogens with one attached hydrogen (secondary N) is 2. The number of hydrogen-bond donors (Lipinski definition) is 3. The summed E-state index contributed by atoms with van der Waals surface area (Å²) in [5, 5.41) is 12.6. The molecule has 0 spiro atoms. The molecule has 9 heteroatoms. The first-order valence-corrected chi connectivity index (χ1v) is 8.09. The second kappa shape index (κ2) is 6.99. The van der Waals surface area contributed by atoms with E-state index in [-0.39, 0.29) is 17.3 Å². The van der Waals surface area contributed by atoms with Crippen LogP contribution in [-0.2, 0) is 10.0 Å². The second-order valence-electron chi connectivity index (χ2n) is 4.62. The van der Waals surface area contributed by atoms with Gasteiger partial charge in [0.15, 0.2) is 0 Å². The van der Waals surface area contributed by atoms with E-state index in [1.54, 1.807) is 0 Å². The van der Waals surface area contributed by atoms with Crippen LogP contribution in [0, 0.1) is 11.6 Å². The molecule has 0 radical (unpaired) electrons. The molecule has 23 heavy (non-hydrogen) atoms. The molecule has 1 unspecified atom stereocenters. The average molecular weight is 343 g/mol. The first kappa shape index (κ1) is 17.3. The molecule has 0 saturated heterocycles. The highest BCUT2D eigenvalue weighted by Gasteiger charge is 2.18. The number of aliphatic hydroxyl groups excluding tert-OH is 1. The number of anilines is 1. The number of nitrogens with zero attached hydrogens (tertiary/aromatic N) is 1. The van der Waals surface area contributed by atoms with Gasteiger partial charge in [0.2, 0.25) is 10.0 Å². The maximum Gasteiger partial charge on any atom is 0.241 e. The maximum atomic E-state index is 13.5. The Hall–Kier alpha value is -2.10. The lowest BCUT2D eigenvalue weighted by Crippen LogP contribution is -2.19. The zero-order valence-electron chi connectivity index (χ0n) is 12.1. The van der Waals surface area contributed by atoms with Crippen LogP contribution in [0.3, 0.4) is 0 Å². The van der Waals surface area contributed by atoms with Crippen LogP contribution in [0.25, 0.3) is 0 Å². The molecular weight excluding hydrogens is 328 g/mol. The molecule has 1 aromatic carbocycles. The van der Waals surface area contributed by atoms with Crippen molar-refractivity contribution in [2.45, 2.75) is 11.0 Å². The summed E-state index contributed by atoms with van der Waals surface area (Å²) < 4.78 is 52.3. The molecule has 2 aromatic rings. The van der Waals surface area contributed by atoms with Gasteiger partial charge in [-0.05, 0) is 31.3 Å². The SMILES string of the molecule is CNS(=O)(=O)c1ccc(NCC(O)c2c(F)cccc2F)nc1. The van der Waals surface area contributed by atoms with E-state index in [1.807, 2.05) is 0 Å². The van der Waals surface area contributed by atoms with Crippen molar-refractivity contribution in [2.24, 2.45) is 0 Å². The van der Waals surface area contributed by atoms with Crippen LogP contribution in [0.1, 0.15) is 11.7 Å². The summed E-state index contributed by atoms with van der Waals surface area (Å²) in [6.45, 7) is -0.191. The maximum absolute atomic E-state index is 13.5. The third-order valence-electron chi connectivity index (χ3n) is 3.12. The highest BCUT2D eigenvalue weighted by Crippen LogP contribution is 2.21. The van der Waals surface area contributed by atoms with Crippen molar-refractivity contribution in [3.8, 4) is 0 Å². The van der Waals surface area contributed by atoms with Crippen molar-refractivity contribution in [1.29, 1.82) is 0 Å².